The smallest absolute Gasteiger partial charge is 0.261 e. The van der Waals surface area contributed by atoms with Crippen LogP contribution in [0.4, 0.5) is 10.1 Å². The minimum absolute atomic E-state index is 0.0333. The number of rotatable bonds is 4. The molecule has 24 heavy (non-hydrogen) atoms. The number of hydrogen-bond donors (Lipinski definition) is 2. The molecule has 0 saturated carbocycles. The van der Waals surface area contributed by atoms with E-state index in [1.165, 1.54) is 12.1 Å². The third-order valence-electron chi connectivity index (χ3n) is 3.85. The summed E-state index contributed by atoms with van der Waals surface area (Å²) in [5.41, 5.74) is 2.07. The predicted molar refractivity (Wildman–Crippen MR) is 90.5 cm³/mol. The molecule has 1 aliphatic rings. The molecule has 0 aliphatic carbocycles. The van der Waals surface area contributed by atoms with Gasteiger partial charge >= 0.3 is 0 Å². The van der Waals surface area contributed by atoms with Gasteiger partial charge in [0.05, 0.1) is 12.7 Å². The Bertz CT molecular complexity index is 815. The molecule has 2 aromatic rings. The van der Waals surface area contributed by atoms with Gasteiger partial charge in [-0.1, -0.05) is 24.3 Å². The molecule has 1 amide bonds. The van der Waals surface area contributed by atoms with Gasteiger partial charge in [0.25, 0.3) is 5.91 Å². The van der Waals surface area contributed by atoms with Gasteiger partial charge in [0.15, 0.2) is 12.3 Å². The van der Waals surface area contributed by atoms with Crippen molar-refractivity contribution in [2.24, 2.45) is 0 Å². The lowest BCUT2D eigenvalue weighted by molar-refractivity contribution is -0.505. The first-order valence-electron chi connectivity index (χ1n) is 7.66. The van der Waals surface area contributed by atoms with E-state index < -0.39 is 0 Å². The summed E-state index contributed by atoms with van der Waals surface area (Å²) in [5.74, 6) is 0.215. The zero-order chi connectivity index (χ0) is 16.9. The van der Waals surface area contributed by atoms with Crippen molar-refractivity contribution in [1.82, 2.24) is 0 Å². The molecule has 1 unspecified atom stereocenters. The lowest BCUT2D eigenvalue weighted by Crippen LogP contribution is -2.72. The molecule has 0 spiro atoms. The SMILES string of the molecule is COc1cccc(NC(=O)C2=CCC(c3cccc(F)c3)[NH+]=C2)c1. The Hall–Kier alpha value is -2.95. The van der Waals surface area contributed by atoms with Crippen LogP contribution < -0.4 is 15.0 Å². The van der Waals surface area contributed by atoms with Crippen molar-refractivity contribution in [3.8, 4) is 5.75 Å². The molecule has 0 fully saturated rings. The summed E-state index contributed by atoms with van der Waals surface area (Å²) in [7, 11) is 1.58. The van der Waals surface area contributed by atoms with Crippen LogP contribution in [0, 0.1) is 5.82 Å². The second-order valence-corrected chi connectivity index (χ2v) is 5.50. The highest BCUT2D eigenvalue weighted by Crippen LogP contribution is 2.19. The number of carbonyl (C=O) groups is 1. The molecule has 0 saturated heterocycles. The molecule has 0 radical (unpaired) electrons. The van der Waals surface area contributed by atoms with Crippen LogP contribution >= 0.6 is 0 Å². The van der Waals surface area contributed by atoms with Crippen LogP contribution in [0.5, 0.6) is 5.75 Å². The van der Waals surface area contributed by atoms with Crippen molar-refractivity contribution in [2.75, 3.05) is 12.4 Å². The van der Waals surface area contributed by atoms with Crippen LogP contribution in [0.1, 0.15) is 18.0 Å². The summed E-state index contributed by atoms with van der Waals surface area (Å²) in [6, 6.07) is 13.6. The number of benzene rings is 2. The van der Waals surface area contributed by atoms with Crippen LogP contribution in [0.25, 0.3) is 0 Å². The number of carbonyl (C=O) groups excluding carboxylic acids is 1. The number of ether oxygens (including phenoxy) is 1. The highest BCUT2D eigenvalue weighted by atomic mass is 19.1. The maximum atomic E-state index is 13.3. The molecule has 1 heterocycles. The second kappa shape index (κ2) is 7.08. The number of methoxy groups -OCH3 is 1. The van der Waals surface area contributed by atoms with Gasteiger partial charge in [0.2, 0.25) is 0 Å². The minimum Gasteiger partial charge on any atom is -0.497 e. The fraction of sp³-hybridized carbons (Fsp3) is 0.158. The normalized spacial score (nSPS) is 16.4. The Morgan fingerprint density at radius 3 is 2.79 bits per heavy atom. The number of anilines is 1. The van der Waals surface area contributed by atoms with Gasteiger partial charge in [0, 0.05) is 23.7 Å². The number of hydrogen-bond acceptors (Lipinski definition) is 2. The summed E-state index contributed by atoms with van der Waals surface area (Å²) in [5, 5.41) is 2.83. The van der Waals surface area contributed by atoms with Gasteiger partial charge < -0.3 is 10.1 Å². The van der Waals surface area contributed by atoms with E-state index in [2.05, 4.69) is 10.3 Å². The van der Waals surface area contributed by atoms with Crippen molar-refractivity contribution in [3.63, 3.8) is 0 Å². The molecular weight excluding hydrogens is 307 g/mol. The molecule has 3 rings (SSSR count). The largest absolute Gasteiger partial charge is 0.497 e. The zero-order valence-electron chi connectivity index (χ0n) is 13.3. The van der Waals surface area contributed by atoms with Crippen molar-refractivity contribution in [2.45, 2.75) is 12.5 Å². The highest BCUT2D eigenvalue weighted by Gasteiger charge is 2.21. The highest BCUT2D eigenvalue weighted by molar-refractivity contribution is 6.16. The summed E-state index contributed by atoms with van der Waals surface area (Å²) < 4.78 is 18.4. The van der Waals surface area contributed by atoms with Crippen molar-refractivity contribution >= 4 is 17.8 Å². The second-order valence-electron chi connectivity index (χ2n) is 5.50. The van der Waals surface area contributed by atoms with E-state index in [4.69, 9.17) is 4.74 Å². The zero-order valence-corrected chi connectivity index (χ0v) is 13.3. The number of nitrogens with one attached hydrogen (secondary N) is 2. The summed E-state index contributed by atoms with van der Waals surface area (Å²) in [6.45, 7) is 0. The molecule has 0 bridgehead atoms. The summed E-state index contributed by atoms with van der Waals surface area (Å²) in [6.07, 6.45) is 4.12. The first-order valence-corrected chi connectivity index (χ1v) is 7.66. The van der Waals surface area contributed by atoms with Crippen LogP contribution in [0.15, 0.2) is 60.2 Å². The van der Waals surface area contributed by atoms with E-state index in [0.717, 1.165) is 5.56 Å². The van der Waals surface area contributed by atoms with Gasteiger partial charge in [-0.05, 0) is 24.3 Å². The molecule has 1 atom stereocenters. The van der Waals surface area contributed by atoms with Crippen LogP contribution in [0.3, 0.4) is 0 Å². The first-order chi connectivity index (χ1) is 11.7. The van der Waals surface area contributed by atoms with E-state index in [9.17, 15) is 9.18 Å². The van der Waals surface area contributed by atoms with Crippen LogP contribution in [0.2, 0.25) is 0 Å². The molecule has 2 N–H and O–H groups in total. The molecule has 5 heteroatoms. The van der Waals surface area contributed by atoms with Gasteiger partial charge in [-0.25, -0.2) is 9.38 Å². The van der Waals surface area contributed by atoms with Gasteiger partial charge in [0.1, 0.15) is 11.6 Å². The Morgan fingerprint density at radius 1 is 1.25 bits per heavy atom. The Labute approximate surface area is 139 Å². The quantitative estimate of drug-likeness (QED) is 0.903. The van der Waals surface area contributed by atoms with E-state index >= 15 is 0 Å². The maximum Gasteiger partial charge on any atom is 0.261 e. The van der Waals surface area contributed by atoms with E-state index in [-0.39, 0.29) is 17.8 Å². The lowest BCUT2D eigenvalue weighted by atomic mass is 10.00. The van der Waals surface area contributed by atoms with Gasteiger partial charge in [-0.15, -0.1) is 0 Å². The van der Waals surface area contributed by atoms with E-state index in [1.54, 1.807) is 31.5 Å². The number of halogens is 1. The van der Waals surface area contributed by atoms with Crippen LogP contribution in [-0.2, 0) is 4.79 Å². The first kappa shape index (κ1) is 15.9. The average Bonchev–Trinajstić information content (AvgIpc) is 2.62. The summed E-state index contributed by atoms with van der Waals surface area (Å²) >= 11 is 0. The third kappa shape index (κ3) is 3.68. The van der Waals surface area contributed by atoms with Crippen molar-refractivity contribution < 1.29 is 18.9 Å². The topological polar surface area (TPSA) is 52.3 Å². The van der Waals surface area contributed by atoms with E-state index in [1.807, 2.05) is 24.3 Å². The average molecular weight is 325 g/mol. The standard InChI is InChI=1S/C19H17FN2O2/c1-24-17-7-3-6-16(11-17)22-19(23)14-8-9-18(21-12-14)13-4-2-5-15(20)10-13/h2-8,10-12,18H,9H2,1H3,(H,22,23)/p+1. The Kier molecular flexibility index (Phi) is 4.70. The minimum atomic E-state index is -0.264. The molecule has 1 aliphatic heterocycles. The van der Waals surface area contributed by atoms with Gasteiger partial charge in [-0.2, -0.15) is 0 Å². The number of amides is 1. The molecular formula is C19H18FN2O2+. The lowest BCUT2D eigenvalue weighted by Gasteiger charge is -2.12. The maximum absolute atomic E-state index is 13.3. The van der Waals surface area contributed by atoms with Crippen LogP contribution in [-0.4, -0.2) is 19.2 Å². The van der Waals surface area contributed by atoms with Crippen molar-refractivity contribution in [3.05, 3.63) is 71.6 Å². The molecule has 2 aromatic carbocycles. The van der Waals surface area contributed by atoms with Crippen molar-refractivity contribution in [1.29, 1.82) is 0 Å². The van der Waals surface area contributed by atoms with Gasteiger partial charge in [-0.3, -0.25) is 4.79 Å². The molecule has 4 nitrogen and oxygen atoms in total. The third-order valence-corrected chi connectivity index (χ3v) is 3.85. The Balaban J connectivity index is 1.66. The fourth-order valence-electron chi connectivity index (χ4n) is 2.58. The Morgan fingerprint density at radius 2 is 2.08 bits per heavy atom. The summed E-state index contributed by atoms with van der Waals surface area (Å²) in [4.78, 5) is 15.5. The van der Waals surface area contributed by atoms with E-state index in [0.29, 0.717) is 23.4 Å². The fourth-order valence-corrected chi connectivity index (χ4v) is 2.58. The molecule has 122 valence electrons. The monoisotopic (exact) mass is 325 g/mol. The molecule has 0 aromatic heterocycles. The predicted octanol–water partition coefficient (Wildman–Crippen LogP) is 2.00.